The van der Waals surface area contributed by atoms with Crippen LogP contribution in [0.3, 0.4) is 0 Å². The minimum atomic E-state index is -0.341. The van der Waals surface area contributed by atoms with E-state index in [1.807, 2.05) is 37.3 Å². The van der Waals surface area contributed by atoms with Gasteiger partial charge in [0.15, 0.2) is 0 Å². The van der Waals surface area contributed by atoms with E-state index in [1.165, 1.54) is 6.42 Å². The Morgan fingerprint density at radius 3 is 2.66 bits per heavy atom. The van der Waals surface area contributed by atoms with Gasteiger partial charge in [-0.3, -0.25) is 9.59 Å². The second kappa shape index (κ2) is 8.59. The van der Waals surface area contributed by atoms with Crippen LogP contribution < -0.4 is 15.1 Å². The van der Waals surface area contributed by atoms with E-state index >= 15 is 0 Å². The smallest absolute Gasteiger partial charge is 0.227 e. The van der Waals surface area contributed by atoms with Gasteiger partial charge < -0.3 is 15.1 Å². The molecule has 29 heavy (non-hydrogen) atoms. The number of carbonyl (C=O) groups excluding carboxylic acids is 2. The van der Waals surface area contributed by atoms with E-state index < -0.39 is 0 Å². The summed E-state index contributed by atoms with van der Waals surface area (Å²) in [5, 5.41) is 2.95. The zero-order valence-corrected chi connectivity index (χ0v) is 16.8. The third-order valence-corrected chi connectivity index (χ3v) is 5.62. The lowest BCUT2D eigenvalue weighted by Gasteiger charge is -2.26. The number of hydrogen-bond acceptors (Lipinski definition) is 5. The van der Waals surface area contributed by atoms with Crippen molar-refractivity contribution in [3.05, 3.63) is 47.8 Å². The van der Waals surface area contributed by atoms with Crippen LogP contribution in [0.25, 0.3) is 0 Å². The molecule has 1 aromatic heterocycles. The van der Waals surface area contributed by atoms with Crippen molar-refractivity contribution in [1.82, 2.24) is 15.3 Å². The molecule has 7 nitrogen and oxygen atoms in total. The van der Waals surface area contributed by atoms with Crippen molar-refractivity contribution >= 4 is 23.5 Å². The molecule has 2 fully saturated rings. The zero-order chi connectivity index (χ0) is 20.2. The van der Waals surface area contributed by atoms with Crippen LogP contribution in [0.4, 0.5) is 11.6 Å². The average Bonchev–Trinajstić information content (AvgIpc) is 3.15. The molecule has 0 spiro atoms. The van der Waals surface area contributed by atoms with Gasteiger partial charge in [-0.15, -0.1) is 0 Å². The van der Waals surface area contributed by atoms with Crippen LogP contribution in [0, 0.1) is 12.8 Å². The molecule has 4 rings (SSSR count). The molecule has 0 radical (unpaired) electrons. The minimum Gasteiger partial charge on any atom is -0.350 e. The van der Waals surface area contributed by atoms with E-state index in [2.05, 4.69) is 20.2 Å². The molecule has 2 aliphatic rings. The molecule has 7 heteroatoms. The monoisotopic (exact) mass is 393 g/mol. The molecular formula is C22H27N5O2. The molecule has 1 atom stereocenters. The molecule has 0 bridgehead atoms. The van der Waals surface area contributed by atoms with Crippen LogP contribution in [-0.4, -0.2) is 41.4 Å². The summed E-state index contributed by atoms with van der Waals surface area (Å²) in [7, 11) is 0. The molecule has 1 aromatic carbocycles. The maximum Gasteiger partial charge on any atom is 0.227 e. The SMILES string of the molecule is Cc1ccc(N2CC(C(=O)NCc3ccnc(N4CCCCC4)n3)CC2=O)cc1. The topological polar surface area (TPSA) is 78.4 Å². The number of aromatic nitrogens is 2. The summed E-state index contributed by atoms with van der Waals surface area (Å²) in [6, 6.07) is 9.63. The highest BCUT2D eigenvalue weighted by Crippen LogP contribution is 2.25. The molecule has 3 heterocycles. The van der Waals surface area contributed by atoms with Crippen LogP contribution in [0.5, 0.6) is 0 Å². The molecule has 2 saturated heterocycles. The molecule has 152 valence electrons. The van der Waals surface area contributed by atoms with Crippen LogP contribution in [-0.2, 0) is 16.1 Å². The van der Waals surface area contributed by atoms with Gasteiger partial charge in [-0.2, -0.15) is 0 Å². The van der Waals surface area contributed by atoms with Gasteiger partial charge in [-0.1, -0.05) is 17.7 Å². The van der Waals surface area contributed by atoms with Gasteiger partial charge in [0, 0.05) is 37.9 Å². The first-order chi connectivity index (χ1) is 14.1. The highest BCUT2D eigenvalue weighted by atomic mass is 16.2. The number of aryl methyl sites for hydroxylation is 1. The van der Waals surface area contributed by atoms with Gasteiger partial charge in [0.25, 0.3) is 0 Å². The van der Waals surface area contributed by atoms with E-state index in [1.54, 1.807) is 11.1 Å². The van der Waals surface area contributed by atoms with Crippen molar-refractivity contribution in [3.63, 3.8) is 0 Å². The van der Waals surface area contributed by atoms with Crippen molar-refractivity contribution in [3.8, 4) is 0 Å². The van der Waals surface area contributed by atoms with Crippen molar-refractivity contribution < 1.29 is 9.59 Å². The van der Waals surface area contributed by atoms with Crippen molar-refractivity contribution in [2.45, 2.75) is 39.2 Å². The predicted octanol–water partition coefficient (Wildman–Crippen LogP) is 2.44. The Labute approximate surface area is 171 Å². The molecule has 0 aliphatic carbocycles. The first kappa shape index (κ1) is 19.4. The van der Waals surface area contributed by atoms with Gasteiger partial charge in [0.05, 0.1) is 18.2 Å². The molecule has 1 unspecified atom stereocenters. The summed E-state index contributed by atoms with van der Waals surface area (Å²) < 4.78 is 0. The molecule has 2 aromatic rings. The first-order valence-corrected chi connectivity index (χ1v) is 10.3. The Hall–Kier alpha value is -2.96. The number of amides is 2. The van der Waals surface area contributed by atoms with E-state index in [0.29, 0.717) is 13.1 Å². The molecule has 2 aliphatic heterocycles. The summed E-state index contributed by atoms with van der Waals surface area (Å²) in [5.41, 5.74) is 2.77. The summed E-state index contributed by atoms with van der Waals surface area (Å²) in [5.74, 6) is 0.278. The number of anilines is 2. The maximum atomic E-state index is 12.6. The minimum absolute atomic E-state index is 0.0107. The van der Waals surface area contributed by atoms with Crippen molar-refractivity contribution in [2.75, 3.05) is 29.4 Å². The maximum absolute atomic E-state index is 12.6. The average molecular weight is 393 g/mol. The summed E-state index contributed by atoms with van der Waals surface area (Å²) >= 11 is 0. The first-order valence-electron chi connectivity index (χ1n) is 10.3. The Morgan fingerprint density at radius 1 is 1.14 bits per heavy atom. The number of rotatable bonds is 5. The normalized spacial score (nSPS) is 19.5. The predicted molar refractivity (Wildman–Crippen MR) is 112 cm³/mol. The lowest BCUT2D eigenvalue weighted by molar-refractivity contribution is -0.126. The fourth-order valence-electron chi connectivity index (χ4n) is 3.91. The Morgan fingerprint density at radius 2 is 1.90 bits per heavy atom. The van der Waals surface area contributed by atoms with Gasteiger partial charge >= 0.3 is 0 Å². The third-order valence-electron chi connectivity index (χ3n) is 5.62. The van der Waals surface area contributed by atoms with Crippen LogP contribution >= 0.6 is 0 Å². The van der Waals surface area contributed by atoms with Crippen molar-refractivity contribution in [1.29, 1.82) is 0 Å². The molecule has 1 N–H and O–H groups in total. The van der Waals surface area contributed by atoms with Crippen LogP contribution in [0.2, 0.25) is 0 Å². The number of carbonyl (C=O) groups is 2. The van der Waals surface area contributed by atoms with Crippen molar-refractivity contribution in [2.24, 2.45) is 5.92 Å². The molecule has 2 amide bonds. The highest BCUT2D eigenvalue weighted by Gasteiger charge is 2.35. The lowest BCUT2D eigenvalue weighted by Crippen LogP contribution is -2.33. The molecule has 0 saturated carbocycles. The molecular weight excluding hydrogens is 366 g/mol. The van der Waals surface area contributed by atoms with E-state index in [0.717, 1.165) is 48.8 Å². The van der Waals surface area contributed by atoms with Gasteiger partial charge in [-0.25, -0.2) is 9.97 Å². The van der Waals surface area contributed by atoms with Crippen LogP contribution in [0.1, 0.15) is 36.9 Å². The zero-order valence-electron chi connectivity index (χ0n) is 16.8. The Bertz CT molecular complexity index is 877. The summed E-state index contributed by atoms with van der Waals surface area (Å²) in [4.78, 5) is 37.9. The van der Waals surface area contributed by atoms with Gasteiger partial charge in [0.1, 0.15) is 0 Å². The fourth-order valence-corrected chi connectivity index (χ4v) is 3.91. The second-order valence-electron chi connectivity index (χ2n) is 7.85. The van der Waals surface area contributed by atoms with E-state index in [9.17, 15) is 9.59 Å². The van der Waals surface area contributed by atoms with E-state index in [-0.39, 0.29) is 24.2 Å². The van der Waals surface area contributed by atoms with Gasteiger partial charge in [-0.05, 0) is 44.4 Å². The third kappa shape index (κ3) is 4.55. The number of nitrogens with zero attached hydrogens (tertiary/aromatic N) is 4. The number of hydrogen-bond donors (Lipinski definition) is 1. The number of benzene rings is 1. The number of piperidine rings is 1. The largest absolute Gasteiger partial charge is 0.350 e. The second-order valence-corrected chi connectivity index (χ2v) is 7.85. The van der Waals surface area contributed by atoms with Crippen LogP contribution in [0.15, 0.2) is 36.5 Å². The Balaban J connectivity index is 1.34. The van der Waals surface area contributed by atoms with Gasteiger partial charge in [0.2, 0.25) is 17.8 Å². The quantitative estimate of drug-likeness (QED) is 0.844. The number of nitrogens with one attached hydrogen (secondary N) is 1. The summed E-state index contributed by atoms with van der Waals surface area (Å²) in [6.07, 6.45) is 5.57. The Kier molecular flexibility index (Phi) is 5.74. The highest BCUT2D eigenvalue weighted by molar-refractivity contribution is 6.00. The fraction of sp³-hybridized carbons (Fsp3) is 0.455. The lowest BCUT2D eigenvalue weighted by atomic mass is 10.1. The summed E-state index contributed by atoms with van der Waals surface area (Å²) in [6.45, 7) is 4.73. The van der Waals surface area contributed by atoms with E-state index in [4.69, 9.17) is 0 Å². The standard InChI is InChI=1S/C22H27N5O2/c1-16-5-7-19(8-6-16)27-15-17(13-20(27)28)21(29)24-14-18-9-10-23-22(25-18)26-11-3-2-4-12-26/h5-10,17H,2-4,11-15H2,1H3,(H,24,29).